The monoisotopic (exact) mass is 292 g/mol. The van der Waals surface area contributed by atoms with Gasteiger partial charge in [0.15, 0.2) is 11.5 Å². The maximum atomic E-state index is 12.0. The number of aromatic amines is 1. The number of hydrogen-bond donors (Lipinski definition) is 2. The molecule has 0 aliphatic carbocycles. The zero-order valence-electron chi connectivity index (χ0n) is 10.1. The van der Waals surface area contributed by atoms with Crippen LogP contribution in [0.5, 0.6) is 11.5 Å². The quantitative estimate of drug-likeness (QED) is 0.887. The second-order valence-corrected chi connectivity index (χ2v) is 4.48. The number of anilines is 1. The van der Waals surface area contributed by atoms with E-state index in [0.717, 1.165) is 0 Å². The van der Waals surface area contributed by atoms with E-state index in [-0.39, 0.29) is 18.0 Å². The third-order valence-electron chi connectivity index (χ3n) is 2.72. The first kappa shape index (κ1) is 12.6. The smallest absolute Gasteiger partial charge is 0.272 e. The van der Waals surface area contributed by atoms with Crippen LogP contribution in [0.3, 0.4) is 0 Å². The second-order valence-electron chi connectivity index (χ2n) is 4.07. The minimum Gasteiger partial charge on any atom is -0.454 e. The number of aromatic nitrogens is 1. The summed E-state index contributed by atoms with van der Waals surface area (Å²) in [7, 11) is 0. The molecule has 0 radical (unpaired) electrons. The molecule has 1 aliphatic rings. The van der Waals surface area contributed by atoms with Gasteiger partial charge in [0.2, 0.25) is 12.4 Å². The van der Waals surface area contributed by atoms with E-state index in [1.54, 1.807) is 12.1 Å². The van der Waals surface area contributed by atoms with Crippen LogP contribution >= 0.6 is 11.6 Å². The summed E-state index contributed by atoms with van der Waals surface area (Å²) < 4.78 is 10.4. The maximum absolute atomic E-state index is 12.0. The molecular weight excluding hydrogens is 284 g/mol. The van der Waals surface area contributed by atoms with Crippen molar-refractivity contribution >= 4 is 23.2 Å². The number of hydrogen-bond acceptors (Lipinski definition) is 4. The molecule has 2 aromatic rings. The van der Waals surface area contributed by atoms with Crippen molar-refractivity contribution in [1.29, 1.82) is 0 Å². The molecule has 0 bridgehead atoms. The Hall–Kier alpha value is -2.47. The normalized spacial score (nSPS) is 12.2. The summed E-state index contributed by atoms with van der Waals surface area (Å²) in [6.07, 6.45) is 0. The number of nitrogens with one attached hydrogen (secondary N) is 2. The minimum absolute atomic E-state index is 0.120. The number of benzene rings is 1. The molecule has 1 aromatic carbocycles. The lowest BCUT2D eigenvalue weighted by atomic mass is 10.2. The summed E-state index contributed by atoms with van der Waals surface area (Å²) in [5.41, 5.74) is 0.172. The predicted octanol–water partition coefficient (Wildman–Crippen LogP) is 2.01. The summed E-state index contributed by atoms with van der Waals surface area (Å²) in [5, 5.41) is 2.93. The zero-order valence-corrected chi connectivity index (χ0v) is 10.9. The zero-order chi connectivity index (χ0) is 14.1. The average Bonchev–Trinajstić information content (AvgIpc) is 2.86. The molecule has 7 heteroatoms. The van der Waals surface area contributed by atoms with Gasteiger partial charge in [-0.3, -0.25) is 9.59 Å². The molecule has 0 spiro atoms. The Balaban J connectivity index is 1.88. The van der Waals surface area contributed by atoms with Crippen molar-refractivity contribution in [3.63, 3.8) is 0 Å². The van der Waals surface area contributed by atoms with Gasteiger partial charge in [0.1, 0.15) is 5.69 Å². The standard InChI is InChI=1S/C13H9ClN2O4/c14-7-4-10-11(20-6-19-10)5-9(7)16-13(18)8-2-1-3-12(17)15-8/h1-5H,6H2,(H,15,17)(H,16,18). The topological polar surface area (TPSA) is 80.4 Å². The highest BCUT2D eigenvalue weighted by atomic mass is 35.5. The molecule has 0 atom stereocenters. The molecule has 20 heavy (non-hydrogen) atoms. The number of carbonyl (C=O) groups is 1. The van der Waals surface area contributed by atoms with E-state index in [0.29, 0.717) is 22.2 Å². The van der Waals surface area contributed by atoms with Crippen molar-refractivity contribution in [2.45, 2.75) is 0 Å². The Kier molecular flexibility index (Phi) is 3.08. The molecule has 102 valence electrons. The van der Waals surface area contributed by atoms with Crippen molar-refractivity contribution in [2.24, 2.45) is 0 Å². The molecule has 0 saturated heterocycles. The van der Waals surface area contributed by atoms with Gasteiger partial charge in [0, 0.05) is 18.2 Å². The van der Waals surface area contributed by atoms with Gasteiger partial charge in [-0.2, -0.15) is 0 Å². The number of halogens is 1. The molecule has 3 rings (SSSR count). The Morgan fingerprint density at radius 1 is 1.25 bits per heavy atom. The van der Waals surface area contributed by atoms with Crippen LogP contribution in [-0.2, 0) is 0 Å². The first-order chi connectivity index (χ1) is 9.63. The SMILES string of the molecule is O=C(Nc1cc2c(cc1Cl)OCO2)c1cccc(=O)[nH]1. The number of fused-ring (bicyclic) bond motifs is 1. The van der Waals surface area contributed by atoms with Crippen LogP contribution in [0.2, 0.25) is 5.02 Å². The number of pyridine rings is 1. The number of amides is 1. The van der Waals surface area contributed by atoms with E-state index in [9.17, 15) is 9.59 Å². The summed E-state index contributed by atoms with van der Waals surface area (Å²) in [6.45, 7) is 0.120. The highest BCUT2D eigenvalue weighted by Crippen LogP contribution is 2.39. The van der Waals surface area contributed by atoms with E-state index in [1.165, 1.54) is 18.2 Å². The summed E-state index contributed by atoms with van der Waals surface area (Å²) >= 11 is 6.05. The highest BCUT2D eigenvalue weighted by molar-refractivity contribution is 6.34. The Bertz CT molecular complexity index is 741. The van der Waals surface area contributed by atoms with E-state index in [1.807, 2.05) is 0 Å². The van der Waals surface area contributed by atoms with Crippen molar-refractivity contribution in [3.8, 4) is 11.5 Å². The minimum atomic E-state index is -0.469. The fourth-order valence-electron chi connectivity index (χ4n) is 1.78. The number of rotatable bonds is 2. The van der Waals surface area contributed by atoms with Crippen molar-refractivity contribution in [3.05, 3.63) is 51.4 Å². The van der Waals surface area contributed by atoms with Crippen molar-refractivity contribution in [1.82, 2.24) is 4.98 Å². The summed E-state index contributed by atoms with van der Waals surface area (Å²) in [4.78, 5) is 25.6. The summed E-state index contributed by atoms with van der Waals surface area (Å²) in [5.74, 6) is 0.566. The lowest BCUT2D eigenvalue weighted by Gasteiger charge is -2.08. The molecule has 1 aromatic heterocycles. The van der Waals surface area contributed by atoms with Gasteiger partial charge in [-0.15, -0.1) is 0 Å². The molecule has 1 aliphatic heterocycles. The number of carbonyl (C=O) groups excluding carboxylic acids is 1. The fourth-order valence-corrected chi connectivity index (χ4v) is 1.98. The Labute approximate surface area is 118 Å². The van der Waals surface area contributed by atoms with Crippen molar-refractivity contribution < 1.29 is 14.3 Å². The van der Waals surface area contributed by atoms with Crippen LogP contribution in [0.1, 0.15) is 10.5 Å². The molecule has 0 fully saturated rings. The molecule has 2 heterocycles. The number of ether oxygens (including phenoxy) is 2. The molecule has 1 amide bonds. The van der Waals surface area contributed by atoms with E-state index in [4.69, 9.17) is 21.1 Å². The molecule has 2 N–H and O–H groups in total. The van der Waals surface area contributed by atoms with Gasteiger partial charge in [-0.25, -0.2) is 0 Å². The van der Waals surface area contributed by atoms with Crippen LogP contribution in [0.25, 0.3) is 0 Å². The Morgan fingerprint density at radius 2 is 2.00 bits per heavy atom. The van der Waals surface area contributed by atoms with Crippen LogP contribution in [0, 0.1) is 0 Å². The van der Waals surface area contributed by atoms with E-state index < -0.39 is 5.91 Å². The second kappa shape index (κ2) is 4.90. The van der Waals surface area contributed by atoms with Crippen LogP contribution in [0.4, 0.5) is 5.69 Å². The fraction of sp³-hybridized carbons (Fsp3) is 0.0769. The van der Waals surface area contributed by atoms with Gasteiger partial charge in [-0.1, -0.05) is 17.7 Å². The summed E-state index contributed by atoms with van der Waals surface area (Å²) in [6, 6.07) is 7.45. The molecular formula is C13H9ClN2O4. The number of H-pyrrole nitrogens is 1. The van der Waals surface area contributed by atoms with Gasteiger partial charge >= 0.3 is 0 Å². The van der Waals surface area contributed by atoms with Gasteiger partial charge in [0.05, 0.1) is 10.7 Å². The molecule has 0 unspecified atom stereocenters. The largest absolute Gasteiger partial charge is 0.454 e. The average molecular weight is 293 g/mol. The maximum Gasteiger partial charge on any atom is 0.272 e. The first-order valence-corrected chi connectivity index (χ1v) is 6.11. The first-order valence-electron chi connectivity index (χ1n) is 5.73. The van der Waals surface area contributed by atoms with Crippen molar-refractivity contribution in [2.75, 3.05) is 12.1 Å². The van der Waals surface area contributed by atoms with Gasteiger partial charge < -0.3 is 19.8 Å². The van der Waals surface area contributed by atoms with Gasteiger partial charge in [-0.05, 0) is 6.07 Å². The van der Waals surface area contributed by atoms with Gasteiger partial charge in [0.25, 0.3) is 5.91 Å². The van der Waals surface area contributed by atoms with Crippen LogP contribution in [0.15, 0.2) is 35.1 Å². The molecule has 0 saturated carbocycles. The van der Waals surface area contributed by atoms with E-state index >= 15 is 0 Å². The lowest BCUT2D eigenvalue weighted by Crippen LogP contribution is -2.18. The molecule has 6 nitrogen and oxygen atoms in total. The third-order valence-corrected chi connectivity index (χ3v) is 3.04. The predicted molar refractivity (Wildman–Crippen MR) is 72.6 cm³/mol. The third kappa shape index (κ3) is 2.33. The van der Waals surface area contributed by atoms with Crippen LogP contribution in [-0.4, -0.2) is 17.7 Å². The van der Waals surface area contributed by atoms with E-state index in [2.05, 4.69) is 10.3 Å². The highest BCUT2D eigenvalue weighted by Gasteiger charge is 2.18. The van der Waals surface area contributed by atoms with Crippen LogP contribution < -0.4 is 20.3 Å². The Morgan fingerprint density at radius 3 is 2.75 bits per heavy atom. The lowest BCUT2D eigenvalue weighted by molar-refractivity contribution is 0.102.